The second-order valence-corrected chi connectivity index (χ2v) is 10.3. The van der Waals surface area contributed by atoms with Crippen LogP contribution in [0.3, 0.4) is 0 Å². The van der Waals surface area contributed by atoms with E-state index >= 15 is 0 Å². The number of para-hydroxylation sites is 1. The highest BCUT2D eigenvalue weighted by molar-refractivity contribution is 6.01. The first-order valence-electron chi connectivity index (χ1n) is 13.9. The van der Waals surface area contributed by atoms with Crippen molar-refractivity contribution in [3.8, 4) is 5.69 Å². The molecule has 0 bridgehead atoms. The number of benzene rings is 2. The molecule has 3 aromatic rings. The lowest BCUT2D eigenvalue weighted by Crippen LogP contribution is -2.23. The number of rotatable bonds is 7. The number of hydrogen-bond acceptors (Lipinski definition) is 6. The van der Waals surface area contributed by atoms with Gasteiger partial charge in [0.1, 0.15) is 5.69 Å². The Balaban J connectivity index is 0.000000285. The summed E-state index contributed by atoms with van der Waals surface area (Å²) in [7, 11) is 0. The molecule has 1 saturated heterocycles. The standard InChI is InChI=1S/C18H28N4O.C11H8F2N2O.C2H6/c1-5-18(3,4)21-10-14-15(19)6-7-16(20-12-23)17(14)22-9-8-13(2)11-22;1-7-5-6-10(16)15(14-7)11-8(12)3-2-4-9(11)13;1-2/h6-7,10,12-13H,5,8-9,11,19H2,1-4H3,(H,20,23);2-6H,1H3;1-2H3. The number of nitrogens with one attached hydrogen (secondary N) is 1. The summed E-state index contributed by atoms with van der Waals surface area (Å²) >= 11 is 0. The number of carbonyl (C=O) groups excluding carboxylic acids is 1. The van der Waals surface area contributed by atoms with Crippen LogP contribution in [0.25, 0.3) is 5.69 Å². The lowest BCUT2D eigenvalue weighted by atomic mass is 10.0. The van der Waals surface area contributed by atoms with E-state index in [1.165, 1.54) is 18.2 Å². The molecule has 8 nitrogen and oxygen atoms in total. The van der Waals surface area contributed by atoms with Crippen LogP contribution in [0.15, 0.2) is 52.3 Å². The molecular weight excluding hydrogens is 526 g/mol. The molecule has 10 heteroatoms. The molecule has 0 radical (unpaired) electrons. The van der Waals surface area contributed by atoms with Gasteiger partial charge in [-0.25, -0.2) is 8.78 Å². The average Bonchev–Trinajstić information content (AvgIpc) is 3.38. The van der Waals surface area contributed by atoms with Gasteiger partial charge in [-0.3, -0.25) is 14.6 Å². The van der Waals surface area contributed by atoms with Crippen LogP contribution in [0.4, 0.5) is 25.8 Å². The Kier molecular flexibility index (Phi) is 12.2. The molecule has 4 rings (SSSR count). The van der Waals surface area contributed by atoms with Crippen LogP contribution in [-0.4, -0.2) is 41.0 Å². The molecule has 1 aliphatic rings. The molecule has 1 unspecified atom stereocenters. The summed E-state index contributed by atoms with van der Waals surface area (Å²) in [5, 5.41) is 6.60. The molecule has 222 valence electrons. The van der Waals surface area contributed by atoms with Crippen molar-refractivity contribution in [2.24, 2.45) is 10.9 Å². The summed E-state index contributed by atoms with van der Waals surface area (Å²) in [6.07, 6.45) is 4.68. The van der Waals surface area contributed by atoms with E-state index in [1.54, 1.807) is 6.92 Å². The van der Waals surface area contributed by atoms with Crippen LogP contribution in [-0.2, 0) is 4.79 Å². The largest absolute Gasteiger partial charge is 0.398 e. The topological polar surface area (TPSA) is 106 Å². The molecule has 2 aromatic carbocycles. The smallest absolute Gasteiger partial charge is 0.271 e. The number of aromatic nitrogens is 2. The molecule has 1 atom stereocenters. The summed E-state index contributed by atoms with van der Waals surface area (Å²) in [6.45, 7) is 16.1. The van der Waals surface area contributed by atoms with Gasteiger partial charge in [0, 0.05) is 36.6 Å². The Morgan fingerprint density at radius 3 is 2.34 bits per heavy atom. The van der Waals surface area contributed by atoms with Crippen molar-refractivity contribution < 1.29 is 13.6 Å². The van der Waals surface area contributed by atoms with E-state index in [1.807, 2.05) is 32.2 Å². The minimum Gasteiger partial charge on any atom is -0.398 e. The van der Waals surface area contributed by atoms with Crippen molar-refractivity contribution >= 4 is 29.7 Å². The lowest BCUT2D eigenvalue weighted by molar-refractivity contribution is -0.105. The van der Waals surface area contributed by atoms with Crippen molar-refractivity contribution in [3.63, 3.8) is 0 Å². The molecule has 0 saturated carbocycles. The van der Waals surface area contributed by atoms with Gasteiger partial charge in [-0.1, -0.05) is 33.8 Å². The van der Waals surface area contributed by atoms with Crippen LogP contribution >= 0.6 is 0 Å². The van der Waals surface area contributed by atoms with Crippen LogP contribution in [0.2, 0.25) is 0 Å². The number of aryl methyl sites for hydroxylation is 1. The van der Waals surface area contributed by atoms with E-state index in [0.29, 0.717) is 23.7 Å². The first-order chi connectivity index (χ1) is 19.5. The summed E-state index contributed by atoms with van der Waals surface area (Å²) in [5.41, 5.74) is 8.93. The minimum atomic E-state index is -0.819. The van der Waals surface area contributed by atoms with Crippen LogP contribution in [0, 0.1) is 24.5 Å². The zero-order valence-corrected chi connectivity index (χ0v) is 25.0. The van der Waals surface area contributed by atoms with Crippen molar-refractivity contribution in [2.75, 3.05) is 29.0 Å². The maximum Gasteiger partial charge on any atom is 0.271 e. The maximum absolute atomic E-state index is 13.4. The van der Waals surface area contributed by atoms with E-state index in [-0.39, 0.29) is 5.54 Å². The number of halogens is 2. The van der Waals surface area contributed by atoms with Gasteiger partial charge < -0.3 is 16.0 Å². The summed E-state index contributed by atoms with van der Waals surface area (Å²) in [5.74, 6) is -1.00. The molecule has 41 heavy (non-hydrogen) atoms. The number of aliphatic imine (C=N–C) groups is 1. The SMILES string of the molecule is CC.CCC(C)(C)N=Cc1c(N)ccc(NC=O)c1N1CCC(C)C1.Cc1ccc(=O)n(-c2c(F)cccc2F)n1. The Morgan fingerprint density at radius 1 is 1.12 bits per heavy atom. The molecule has 1 fully saturated rings. The Bertz CT molecular complexity index is 1380. The molecule has 2 heterocycles. The minimum absolute atomic E-state index is 0.129. The van der Waals surface area contributed by atoms with Crippen LogP contribution < -0.4 is 21.5 Å². The summed E-state index contributed by atoms with van der Waals surface area (Å²) in [4.78, 5) is 29.4. The number of amides is 1. The zero-order chi connectivity index (χ0) is 30.7. The van der Waals surface area contributed by atoms with E-state index < -0.39 is 22.9 Å². The average molecular weight is 569 g/mol. The number of hydrogen-bond donors (Lipinski definition) is 2. The lowest BCUT2D eigenvalue weighted by Gasteiger charge is -2.25. The fraction of sp³-hybridized carbons (Fsp3) is 0.419. The number of carbonyl (C=O) groups is 1. The third-order valence-corrected chi connectivity index (χ3v) is 6.70. The highest BCUT2D eigenvalue weighted by atomic mass is 19.1. The zero-order valence-electron chi connectivity index (χ0n) is 25.0. The van der Waals surface area contributed by atoms with Gasteiger partial charge in [-0.05, 0) is 69.9 Å². The van der Waals surface area contributed by atoms with Gasteiger partial charge in [0.2, 0.25) is 6.41 Å². The van der Waals surface area contributed by atoms with Crippen molar-refractivity contribution in [3.05, 3.63) is 75.7 Å². The van der Waals surface area contributed by atoms with Crippen LogP contribution in [0.5, 0.6) is 0 Å². The maximum atomic E-state index is 13.4. The second-order valence-electron chi connectivity index (χ2n) is 10.3. The van der Waals surface area contributed by atoms with Crippen molar-refractivity contribution in [1.82, 2.24) is 9.78 Å². The second kappa shape index (κ2) is 15.1. The highest BCUT2D eigenvalue weighted by Gasteiger charge is 2.25. The predicted octanol–water partition coefficient (Wildman–Crippen LogP) is 6.14. The van der Waals surface area contributed by atoms with Gasteiger partial charge in [0.15, 0.2) is 11.6 Å². The Hall–Kier alpha value is -4.08. The van der Waals surface area contributed by atoms with E-state index in [9.17, 15) is 18.4 Å². The van der Waals surface area contributed by atoms with Gasteiger partial charge in [0.05, 0.1) is 22.6 Å². The summed E-state index contributed by atoms with van der Waals surface area (Å²) in [6, 6.07) is 9.78. The number of nitrogen functional groups attached to an aromatic ring is 1. The van der Waals surface area contributed by atoms with Crippen LogP contribution in [0.1, 0.15) is 65.6 Å². The van der Waals surface area contributed by atoms with Crippen molar-refractivity contribution in [2.45, 2.75) is 66.8 Å². The molecule has 1 aliphatic heterocycles. The molecule has 0 spiro atoms. The van der Waals surface area contributed by atoms with Crippen molar-refractivity contribution in [1.29, 1.82) is 0 Å². The molecule has 1 aromatic heterocycles. The first kappa shape index (κ1) is 33.1. The normalized spacial score (nSPS) is 14.7. The monoisotopic (exact) mass is 568 g/mol. The third kappa shape index (κ3) is 8.70. The van der Waals surface area contributed by atoms with Gasteiger partial charge in [0.25, 0.3) is 5.56 Å². The number of nitrogens with two attached hydrogens (primary N) is 1. The van der Waals surface area contributed by atoms with Gasteiger partial charge in [-0.2, -0.15) is 9.78 Å². The Morgan fingerprint density at radius 2 is 1.78 bits per heavy atom. The van der Waals surface area contributed by atoms with E-state index in [2.05, 4.69) is 43.0 Å². The quantitative estimate of drug-likeness (QED) is 0.202. The van der Waals surface area contributed by atoms with E-state index in [0.717, 1.165) is 59.7 Å². The van der Waals surface area contributed by atoms with Gasteiger partial charge >= 0.3 is 0 Å². The fourth-order valence-corrected chi connectivity index (χ4v) is 4.10. The Labute approximate surface area is 241 Å². The highest BCUT2D eigenvalue weighted by Crippen LogP contribution is 2.36. The number of anilines is 3. The van der Waals surface area contributed by atoms with E-state index in [4.69, 9.17) is 10.7 Å². The third-order valence-electron chi connectivity index (χ3n) is 6.70. The fourth-order valence-electron chi connectivity index (χ4n) is 4.10. The number of nitrogens with zero attached hydrogens (tertiary/aromatic N) is 4. The molecule has 0 aliphatic carbocycles. The molecule has 1 amide bonds. The summed E-state index contributed by atoms with van der Waals surface area (Å²) < 4.78 is 27.5. The first-order valence-corrected chi connectivity index (χ1v) is 13.9. The molecular formula is C31H42F2N6O2. The molecule has 3 N–H and O–H groups in total. The van der Waals surface area contributed by atoms with Gasteiger partial charge in [-0.15, -0.1) is 0 Å². The predicted molar refractivity (Wildman–Crippen MR) is 164 cm³/mol.